The van der Waals surface area contributed by atoms with E-state index in [1.165, 1.54) is 32.1 Å². The molecule has 1 saturated heterocycles. The van der Waals surface area contributed by atoms with Gasteiger partial charge < -0.3 is 10.6 Å². The molecule has 1 heterocycles. The van der Waals surface area contributed by atoms with Crippen LogP contribution in [0.4, 0.5) is 0 Å². The molecule has 0 amide bonds. The average molecular weight is 182 g/mol. The van der Waals surface area contributed by atoms with Crippen molar-refractivity contribution < 1.29 is 0 Å². The number of rotatable bonds is 1. The molecule has 1 unspecified atom stereocenters. The highest BCUT2D eigenvalue weighted by Crippen LogP contribution is 2.32. The molecule has 13 heavy (non-hydrogen) atoms. The van der Waals surface area contributed by atoms with Crippen molar-refractivity contribution in [3.8, 4) is 0 Å². The molecule has 1 aliphatic heterocycles. The molecule has 2 heteroatoms. The molecule has 2 N–H and O–H groups in total. The summed E-state index contributed by atoms with van der Waals surface area (Å²) in [6, 6.07) is 0. The van der Waals surface area contributed by atoms with E-state index in [4.69, 9.17) is 0 Å². The maximum Gasteiger partial charge on any atom is 0.0306 e. The van der Waals surface area contributed by atoms with Gasteiger partial charge >= 0.3 is 0 Å². The van der Waals surface area contributed by atoms with E-state index in [1.807, 2.05) is 0 Å². The molecule has 2 aliphatic rings. The zero-order chi connectivity index (χ0) is 9.15. The van der Waals surface area contributed by atoms with Crippen LogP contribution in [0.2, 0.25) is 0 Å². The fourth-order valence-corrected chi connectivity index (χ4v) is 2.88. The summed E-state index contributed by atoms with van der Waals surface area (Å²) < 4.78 is 0. The van der Waals surface area contributed by atoms with Gasteiger partial charge in [0.1, 0.15) is 0 Å². The smallest absolute Gasteiger partial charge is 0.0306 e. The van der Waals surface area contributed by atoms with E-state index in [1.54, 1.807) is 0 Å². The maximum atomic E-state index is 3.70. The lowest BCUT2D eigenvalue weighted by Gasteiger charge is -2.43. The van der Waals surface area contributed by atoms with Gasteiger partial charge in [0, 0.05) is 25.2 Å². The van der Waals surface area contributed by atoms with Gasteiger partial charge in [0.2, 0.25) is 0 Å². The Morgan fingerprint density at radius 1 is 1.08 bits per heavy atom. The lowest BCUT2D eigenvalue weighted by atomic mass is 9.75. The van der Waals surface area contributed by atoms with E-state index in [0.29, 0.717) is 5.54 Å². The van der Waals surface area contributed by atoms with Gasteiger partial charge in [-0.25, -0.2) is 0 Å². The third-order valence-electron chi connectivity index (χ3n) is 3.83. The highest BCUT2D eigenvalue weighted by molar-refractivity contribution is 4.95. The average Bonchev–Trinajstić information content (AvgIpc) is 2.20. The molecule has 0 radical (unpaired) electrons. The van der Waals surface area contributed by atoms with Gasteiger partial charge in [-0.05, 0) is 25.7 Å². The van der Waals surface area contributed by atoms with E-state index < -0.39 is 0 Å². The van der Waals surface area contributed by atoms with Crippen LogP contribution in [-0.4, -0.2) is 25.2 Å². The number of hydrogen-bond acceptors (Lipinski definition) is 2. The van der Waals surface area contributed by atoms with Crippen LogP contribution in [-0.2, 0) is 0 Å². The fourth-order valence-electron chi connectivity index (χ4n) is 2.88. The van der Waals surface area contributed by atoms with Crippen LogP contribution in [0.1, 0.15) is 39.0 Å². The molecule has 0 spiro atoms. The maximum absolute atomic E-state index is 3.70. The van der Waals surface area contributed by atoms with Gasteiger partial charge in [0.25, 0.3) is 0 Å². The normalized spacial score (nSPS) is 37.6. The summed E-state index contributed by atoms with van der Waals surface area (Å²) in [7, 11) is 0. The van der Waals surface area contributed by atoms with Gasteiger partial charge in [-0.15, -0.1) is 0 Å². The van der Waals surface area contributed by atoms with E-state index >= 15 is 0 Å². The molecule has 1 atom stereocenters. The van der Waals surface area contributed by atoms with E-state index in [9.17, 15) is 0 Å². The summed E-state index contributed by atoms with van der Waals surface area (Å²) in [6.07, 6.45) is 7.22. The Morgan fingerprint density at radius 3 is 2.46 bits per heavy atom. The van der Waals surface area contributed by atoms with Crippen LogP contribution >= 0.6 is 0 Å². The van der Waals surface area contributed by atoms with Gasteiger partial charge in [-0.2, -0.15) is 0 Å². The topological polar surface area (TPSA) is 24.1 Å². The molecule has 0 aromatic carbocycles. The second kappa shape index (κ2) is 3.97. The third kappa shape index (κ3) is 2.05. The van der Waals surface area contributed by atoms with Crippen molar-refractivity contribution in [3.63, 3.8) is 0 Å². The summed E-state index contributed by atoms with van der Waals surface area (Å²) in [4.78, 5) is 0. The number of piperazine rings is 1. The largest absolute Gasteiger partial charge is 0.314 e. The zero-order valence-corrected chi connectivity index (χ0v) is 8.73. The SMILES string of the molecule is CC1(C2CCCCC2)CNCCN1. The molecular weight excluding hydrogens is 160 g/mol. The molecule has 0 bridgehead atoms. The Morgan fingerprint density at radius 2 is 1.85 bits per heavy atom. The molecule has 1 saturated carbocycles. The minimum Gasteiger partial charge on any atom is -0.314 e. The third-order valence-corrected chi connectivity index (χ3v) is 3.83. The van der Waals surface area contributed by atoms with Crippen molar-refractivity contribution in [2.24, 2.45) is 5.92 Å². The Labute approximate surface area is 81.5 Å². The van der Waals surface area contributed by atoms with Gasteiger partial charge in [0.05, 0.1) is 0 Å². The van der Waals surface area contributed by atoms with Crippen LogP contribution in [0.15, 0.2) is 0 Å². The second-order valence-corrected chi connectivity index (χ2v) is 4.86. The predicted molar refractivity (Wildman–Crippen MR) is 55.9 cm³/mol. The van der Waals surface area contributed by atoms with Crippen molar-refractivity contribution in [2.45, 2.75) is 44.6 Å². The Balaban J connectivity index is 1.94. The zero-order valence-electron chi connectivity index (χ0n) is 8.73. The quantitative estimate of drug-likeness (QED) is 0.642. The molecular formula is C11H22N2. The highest BCUT2D eigenvalue weighted by Gasteiger charge is 2.35. The fraction of sp³-hybridized carbons (Fsp3) is 1.00. The van der Waals surface area contributed by atoms with Crippen molar-refractivity contribution >= 4 is 0 Å². The Bertz CT molecular complexity index is 155. The Kier molecular flexibility index (Phi) is 2.89. The number of hydrogen-bond donors (Lipinski definition) is 2. The van der Waals surface area contributed by atoms with Crippen molar-refractivity contribution in [3.05, 3.63) is 0 Å². The lowest BCUT2D eigenvalue weighted by molar-refractivity contribution is 0.155. The first-order chi connectivity index (χ1) is 6.31. The van der Waals surface area contributed by atoms with E-state index in [-0.39, 0.29) is 0 Å². The second-order valence-electron chi connectivity index (χ2n) is 4.86. The molecule has 2 rings (SSSR count). The van der Waals surface area contributed by atoms with Gasteiger partial charge in [-0.1, -0.05) is 19.3 Å². The molecule has 2 fully saturated rings. The molecule has 0 aromatic heterocycles. The minimum atomic E-state index is 0.388. The first-order valence-electron chi connectivity index (χ1n) is 5.77. The first kappa shape index (κ1) is 9.47. The molecule has 76 valence electrons. The predicted octanol–water partition coefficient (Wildman–Crippen LogP) is 1.52. The van der Waals surface area contributed by atoms with E-state index in [0.717, 1.165) is 25.6 Å². The van der Waals surface area contributed by atoms with Crippen LogP contribution in [0, 0.1) is 5.92 Å². The molecule has 2 nitrogen and oxygen atoms in total. The van der Waals surface area contributed by atoms with Crippen molar-refractivity contribution in [2.75, 3.05) is 19.6 Å². The summed E-state index contributed by atoms with van der Waals surface area (Å²) in [5, 5.41) is 7.21. The highest BCUT2D eigenvalue weighted by atomic mass is 15.1. The Hall–Kier alpha value is -0.0800. The lowest BCUT2D eigenvalue weighted by Crippen LogP contribution is -2.61. The number of nitrogens with one attached hydrogen (secondary N) is 2. The van der Waals surface area contributed by atoms with Crippen LogP contribution in [0.5, 0.6) is 0 Å². The van der Waals surface area contributed by atoms with Gasteiger partial charge in [-0.3, -0.25) is 0 Å². The summed E-state index contributed by atoms with van der Waals surface area (Å²) in [5.74, 6) is 0.911. The van der Waals surface area contributed by atoms with E-state index in [2.05, 4.69) is 17.6 Å². The first-order valence-corrected chi connectivity index (χ1v) is 5.77. The van der Waals surface area contributed by atoms with Crippen LogP contribution in [0.25, 0.3) is 0 Å². The summed E-state index contributed by atoms with van der Waals surface area (Å²) >= 11 is 0. The van der Waals surface area contributed by atoms with Gasteiger partial charge in [0.15, 0.2) is 0 Å². The molecule has 1 aliphatic carbocycles. The standard InChI is InChI=1S/C11H22N2/c1-11(9-12-7-8-13-11)10-5-3-2-4-6-10/h10,12-13H,2-9H2,1H3. The van der Waals surface area contributed by atoms with Crippen molar-refractivity contribution in [1.29, 1.82) is 0 Å². The van der Waals surface area contributed by atoms with Crippen molar-refractivity contribution in [1.82, 2.24) is 10.6 Å². The molecule has 0 aromatic rings. The van der Waals surface area contributed by atoms with Crippen LogP contribution < -0.4 is 10.6 Å². The minimum absolute atomic E-state index is 0.388. The summed E-state index contributed by atoms with van der Waals surface area (Å²) in [5.41, 5.74) is 0.388. The monoisotopic (exact) mass is 182 g/mol. The summed E-state index contributed by atoms with van der Waals surface area (Å²) in [6.45, 7) is 5.85. The van der Waals surface area contributed by atoms with Crippen LogP contribution in [0.3, 0.4) is 0 Å².